The van der Waals surface area contributed by atoms with Gasteiger partial charge in [-0.15, -0.1) is 0 Å². The summed E-state index contributed by atoms with van der Waals surface area (Å²) >= 11 is 0. The van der Waals surface area contributed by atoms with Crippen molar-refractivity contribution in [3.05, 3.63) is 59.9 Å². The highest BCUT2D eigenvalue weighted by Crippen LogP contribution is 2.28. The zero-order chi connectivity index (χ0) is 18.5. The summed E-state index contributed by atoms with van der Waals surface area (Å²) in [5.74, 6) is -0.576. The summed E-state index contributed by atoms with van der Waals surface area (Å²) < 4.78 is 13.9. The first-order valence-corrected chi connectivity index (χ1v) is 8.66. The van der Waals surface area contributed by atoms with Gasteiger partial charge in [-0.3, -0.25) is 14.5 Å². The number of carbonyl (C=O) groups excluding carboxylic acids is 2. The third-order valence-corrected chi connectivity index (χ3v) is 4.21. The molecule has 0 aromatic heterocycles. The molecular formula is C20H22FN3O2. The van der Waals surface area contributed by atoms with E-state index >= 15 is 0 Å². The van der Waals surface area contributed by atoms with E-state index in [0.29, 0.717) is 29.5 Å². The maximum Gasteiger partial charge on any atom is 0.238 e. The van der Waals surface area contributed by atoms with Crippen molar-refractivity contribution in [2.24, 2.45) is 0 Å². The van der Waals surface area contributed by atoms with E-state index in [1.807, 2.05) is 4.90 Å². The molecule has 0 heterocycles. The summed E-state index contributed by atoms with van der Waals surface area (Å²) in [7, 11) is 0. The molecule has 2 aromatic carbocycles. The smallest absolute Gasteiger partial charge is 0.238 e. The SMILES string of the molecule is CC(=O)Nc1cccc(NC(=O)CN(Cc2ccccc2F)C2CC2)c1. The van der Waals surface area contributed by atoms with Crippen LogP contribution in [0.4, 0.5) is 15.8 Å². The van der Waals surface area contributed by atoms with Crippen molar-refractivity contribution >= 4 is 23.2 Å². The molecule has 0 unspecified atom stereocenters. The molecule has 0 bridgehead atoms. The van der Waals surface area contributed by atoms with Crippen LogP contribution in [-0.2, 0) is 16.1 Å². The number of anilines is 2. The Labute approximate surface area is 152 Å². The molecule has 136 valence electrons. The topological polar surface area (TPSA) is 61.4 Å². The Morgan fingerprint density at radius 3 is 2.42 bits per heavy atom. The van der Waals surface area contributed by atoms with Crippen LogP contribution in [0.3, 0.4) is 0 Å². The number of hydrogen-bond acceptors (Lipinski definition) is 3. The van der Waals surface area contributed by atoms with Gasteiger partial charge in [0, 0.05) is 36.4 Å². The fraction of sp³-hybridized carbons (Fsp3) is 0.300. The number of amides is 2. The lowest BCUT2D eigenvalue weighted by Crippen LogP contribution is -2.34. The quantitative estimate of drug-likeness (QED) is 0.800. The lowest BCUT2D eigenvalue weighted by molar-refractivity contribution is -0.117. The van der Waals surface area contributed by atoms with Crippen LogP contribution in [0.25, 0.3) is 0 Å². The summed E-state index contributed by atoms with van der Waals surface area (Å²) in [6, 6.07) is 14.0. The van der Waals surface area contributed by atoms with Gasteiger partial charge in [0.1, 0.15) is 5.82 Å². The molecule has 0 saturated heterocycles. The molecule has 1 saturated carbocycles. The zero-order valence-corrected chi connectivity index (χ0v) is 14.7. The molecule has 2 N–H and O–H groups in total. The van der Waals surface area contributed by atoms with Crippen LogP contribution < -0.4 is 10.6 Å². The van der Waals surface area contributed by atoms with Crippen LogP contribution in [0.5, 0.6) is 0 Å². The molecule has 0 atom stereocenters. The molecule has 3 rings (SSSR count). The van der Waals surface area contributed by atoms with Gasteiger partial charge < -0.3 is 10.6 Å². The highest BCUT2D eigenvalue weighted by atomic mass is 19.1. The fourth-order valence-corrected chi connectivity index (χ4v) is 2.86. The minimum absolute atomic E-state index is 0.159. The predicted octanol–water partition coefficient (Wildman–Crippen LogP) is 3.39. The van der Waals surface area contributed by atoms with Crippen LogP contribution in [0.15, 0.2) is 48.5 Å². The summed E-state index contributed by atoms with van der Waals surface area (Å²) in [6.07, 6.45) is 2.06. The number of nitrogens with one attached hydrogen (secondary N) is 2. The van der Waals surface area contributed by atoms with Gasteiger partial charge in [-0.05, 0) is 37.1 Å². The molecule has 1 aliphatic carbocycles. The Kier molecular flexibility index (Phi) is 5.63. The third kappa shape index (κ3) is 5.13. The maximum atomic E-state index is 13.9. The number of carbonyl (C=O) groups is 2. The summed E-state index contributed by atoms with van der Waals surface area (Å²) in [4.78, 5) is 25.6. The second-order valence-corrected chi connectivity index (χ2v) is 6.54. The first-order valence-electron chi connectivity index (χ1n) is 8.66. The predicted molar refractivity (Wildman–Crippen MR) is 99.2 cm³/mol. The lowest BCUT2D eigenvalue weighted by atomic mass is 10.2. The van der Waals surface area contributed by atoms with Crippen molar-refractivity contribution in [2.45, 2.75) is 32.4 Å². The van der Waals surface area contributed by atoms with Gasteiger partial charge in [0.05, 0.1) is 6.54 Å². The second-order valence-electron chi connectivity index (χ2n) is 6.54. The van der Waals surface area contributed by atoms with Gasteiger partial charge in [0.25, 0.3) is 0 Å². The number of nitrogens with zero attached hydrogens (tertiary/aromatic N) is 1. The Hall–Kier alpha value is -2.73. The van der Waals surface area contributed by atoms with Crippen LogP contribution in [0, 0.1) is 5.82 Å². The van der Waals surface area contributed by atoms with Crippen molar-refractivity contribution < 1.29 is 14.0 Å². The molecule has 2 aromatic rings. The molecule has 1 fully saturated rings. The Bertz CT molecular complexity index is 805. The van der Waals surface area contributed by atoms with Crippen molar-refractivity contribution in [2.75, 3.05) is 17.2 Å². The monoisotopic (exact) mass is 355 g/mol. The lowest BCUT2D eigenvalue weighted by Gasteiger charge is -2.22. The average molecular weight is 355 g/mol. The Balaban J connectivity index is 1.62. The van der Waals surface area contributed by atoms with Gasteiger partial charge in [-0.1, -0.05) is 24.3 Å². The van der Waals surface area contributed by atoms with E-state index in [9.17, 15) is 14.0 Å². The second kappa shape index (κ2) is 8.10. The third-order valence-electron chi connectivity index (χ3n) is 4.21. The van der Waals surface area contributed by atoms with Crippen LogP contribution >= 0.6 is 0 Å². The molecule has 5 nitrogen and oxygen atoms in total. The van der Waals surface area contributed by atoms with Crippen molar-refractivity contribution in [1.82, 2.24) is 4.90 Å². The molecule has 6 heteroatoms. The first-order chi connectivity index (χ1) is 12.5. The number of hydrogen-bond donors (Lipinski definition) is 2. The highest BCUT2D eigenvalue weighted by Gasteiger charge is 2.30. The highest BCUT2D eigenvalue weighted by molar-refractivity contribution is 5.94. The normalized spacial score (nSPS) is 13.5. The fourth-order valence-electron chi connectivity index (χ4n) is 2.86. The van der Waals surface area contributed by atoms with E-state index in [2.05, 4.69) is 10.6 Å². The molecule has 0 aliphatic heterocycles. The molecule has 0 spiro atoms. The van der Waals surface area contributed by atoms with Gasteiger partial charge in [-0.2, -0.15) is 0 Å². The number of rotatable bonds is 7. The zero-order valence-electron chi connectivity index (χ0n) is 14.7. The minimum Gasteiger partial charge on any atom is -0.326 e. The molecular weight excluding hydrogens is 333 g/mol. The Morgan fingerprint density at radius 1 is 1.08 bits per heavy atom. The van der Waals surface area contributed by atoms with Crippen molar-refractivity contribution in [1.29, 1.82) is 0 Å². The largest absolute Gasteiger partial charge is 0.326 e. The summed E-state index contributed by atoms with van der Waals surface area (Å²) in [6.45, 7) is 2.04. The van der Waals surface area contributed by atoms with Crippen molar-refractivity contribution in [3.63, 3.8) is 0 Å². The van der Waals surface area contributed by atoms with E-state index in [1.54, 1.807) is 42.5 Å². The summed E-state index contributed by atoms with van der Waals surface area (Å²) in [5, 5.41) is 5.53. The molecule has 2 amide bonds. The van der Waals surface area contributed by atoms with E-state index < -0.39 is 0 Å². The van der Waals surface area contributed by atoms with E-state index in [4.69, 9.17) is 0 Å². The maximum absolute atomic E-state index is 13.9. The number of halogens is 1. The number of benzene rings is 2. The standard InChI is InChI=1S/C20H22FN3O2/c1-14(25)22-16-6-4-7-17(11-16)23-20(26)13-24(18-9-10-18)12-15-5-2-3-8-19(15)21/h2-8,11,18H,9-10,12-13H2,1H3,(H,22,25)(H,23,26). The summed E-state index contributed by atoms with van der Waals surface area (Å²) in [5.41, 5.74) is 1.84. The van der Waals surface area contributed by atoms with Crippen LogP contribution in [0.1, 0.15) is 25.3 Å². The van der Waals surface area contributed by atoms with Crippen molar-refractivity contribution in [3.8, 4) is 0 Å². The van der Waals surface area contributed by atoms with Crippen LogP contribution in [0.2, 0.25) is 0 Å². The van der Waals surface area contributed by atoms with Gasteiger partial charge >= 0.3 is 0 Å². The van der Waals surface area contributed by atoms with Gasteiger partial charge in [0.2, 0.25) is 11.8 Å². The van der Waals surface area contributed by atoms with Crippen LogP contribution in [-0.4, -0.2) is 29.3 Å². The van der Waals surface area contributed by atoms with E-state index in [0.717, 1.165) is 12.8 Å². The molecule has 26 heavy (non-hydrogen) atoms. The van der Waals surface area contributed by atoms with Gasteiger partial charge in [0.15, 0.2) is 0 Å². The molecule has 1 aliphatic rings. The van der Waals surface area contributed by atoms with E-state index in [1.165, 1.54) is 13.0 Å². The Morgan fingerprint density at radius 2 is 1.77 bits per heavy atom. The molecule has 0 radical (unpaired) electrons. The average Bonchev–Trinajstić information content (AvgIpc) is 3.41. The minimum atomic E-state index is -0.249. The first kappa shape index (κ1) is 18.1. The van der Waals surface area contributed by atoms with E-state index in [-0.39, 0.29) is 24.2 Å². The van der Waals surface area contributed by atoms with Gasteiger partial charge in [-0.25, -0.2) is 4.39 Å².